The first-order valence-corrected chi connectivity index (χ1v) is 15.5. The average Bonchev–Trinajstić information content (AvgIpc) is 3.02. The molecule has 1 aromatic carbocycles. The van der Waals surface area contributed by atoms with Gasteiger partial charge in [-0.15, -0.1) is 0 Å². The Bertz CT molecular complexity index is 1130. The molecule has 13 heteroatoms. The van der Waals surface area contributed by atoms with Crippen LogP contribution in [0.25, 0.3) is 0 Å². The van der Waals surface area contributed by atoms with Gasteiger partial charge in [-0.3, -0.25) is 9.59 Å². The Hall–Kier alpha value is -3.45. The number of amides is 2. The maximum absolute atomic E-state index is 12.8. The van der Waals surface area contributed by atoms with Gasteiger partial charge in [0.2, 0.25) is 11.9 Å². The van der Waals surface area contributed by atoms with Gasteiger partial charge in [0.1, 0.15) is 12.4 Å². The molecule has 1 aromatic heterocycles. The van der Waals surface area contributed by atoms with Crippen molar-refractivity contribution in [3.8, 4) is 5.75 Å². The number of rotatable bonds is 10. The van der Waals surface area contributed by atoms with Crippen molar-refractivity contribution in [2.75, 3.05) is 39.7 Å². The molecular formula is C32H53F3N6O4. The van der Waals surface area contributed by atoms with Gasteiger partial charge in [0.15, 0.2) is 0 Å². The Labute approximate surface area is 266 Å². The Morgan fingerprint density at radius 3 is 2.20 bits per heavy atom. The molecule has 1 heterocycles. The number of aryl methyl sites for hydroxylation is 1. The maximum Gasteiger partial charge on any atom is 0.419 e. The Morgan fingerprint density at radius 1 is 1.13 bits per heavy atom. The van der Waals surface area contributed by atoms with E-state index in [1.54, 1.807) is 19.2 Å². The molecule has 1 aliphatic carbocycles. The van der Waals surface area contributed by atoms with E-state index in [0.29, 0.717) is 30.0 Å². The molecule has 2 aromatic rings. The SMILES string of the molecule is CC.CC1CCCCC1.CCC(CCN)NC(=O)c1ccc(Nc2ncc(C(F)(F)F)c(C)n2)c(OC)c1.CNC(=O)COC. The first-order chi connectivity index (χ1) is 21.4. The van der Waals surface area contributed by atoms with Crippen molar-refractivity contribution >= 4 is 23.5 Å². The topological polar surface area (TPSA) is 140 Å². The molecule has 5 N–H and O–H groups in total. The second-order valence-electron chi connectivity index (χ2n) is 10.2. The van der Waals surface area contributed by atoms with Crippen LogP contribution in [0.4, 0.5) is 24.8 Å². The zero-order valence-corrected chi connectivity index (χ0v) is 28.1. The van der Waals surface area contributed by atoms with Crippen molar-refractivity contribution in [3.05, 3.63) is 41.2 Å². The molecule has 0 spiro atoms. The summed E-state index contributed by atoms with van der Waals surface area (Å²) in [5, 5.41) is 8.13. The molecule has 0 bridgehead atoms. The Kier molecular flexibility index (Phi) is 21.2. The van der Waals surface area contributed by atoms with Crippen LogP contribution in [0.5, 0.6) is 5.75 Å². The molecule has 1 fully saturated rings. The van der Waals surface area contributed by atoms with E-state index in [9.17, 15) is 22.8 Å². The van der Waals surface area contributed by atoms with E-state index in [1.807, 2.05) is 20.8 Å². The molecule has 1 saturated carbocycles. The molecule has 1 unspecified atom stereocenters. The van der Waals surface area contributed by atoms with Crippen molar-refractivity contribution in [1.82, 2.24) is 20.6 Å². The van der Waals surface area contributed by atoms with Crippen LogP contribution >= 0.6 is 0 Å². The van der Waals surface area contributed by atoms with Crippen molar-refractivity contribution in [2.24, 2.45) is 11.7 Å². The third-order valence-corrected chi connectivity index (χ3v) is 6.79. The molecule has 10 nitrogen and oxygen atoms in total. The van der Waals surface area contributed by atoms with Crippen LogP contribution in [0.3, 0.4) is 0 Å². The summed E-state index contributed by atoms with van der Waals surface area (Å²) in [5.74, 6) is 0.985. The number of aromatic nitrogens is 2. The quantitative estimate of drug-likeness (QED) is 0.233. The van der Waals surface area contributed by atoms with Crippen LogP contribution in [-0.4, -0.2) is 62.2 Å². The molecule has 1 aliphatic rings. The van der Waals surface area contributed by atoms with Gasteiger partial charge in [0, 0.05) is 32.0 Å². The molecule has 2 amide bonds. The number of hydrogen-bond donors (Lipinski definition) is 4. The number of alkyl halides is 3. The number of methoxy groups -OCH3 is 2. The highest BCUT2D eigenvalue weighted by Crippen LogP contribution is 2.32. The number of carbonyl (C=O) groups is 2. The number of nitrogens with zero attached hydrogens (tertiary/aromatic N) is 2. The molecular weight excluding hydrogens is 589 g/mol. The summed E-state index contributed by atoms with van der Waals surface area (Å²) in [6.45, 7) is 10.2. The third-order valence-electron chi connectivity index (χ3n) is 6.79. The predicted octanol–water partition coefficient (Wildman–Crippen LogP) is 6.40. The van der Waals surface area contributed by atoms with Gasteiger partial charge in [-0.1, -0.05) is 59.8 Å². The van der Waals surface area contributed by atoms with Crippen LogP contribution < -0.4 is 26.4 Å². The highest BCUT2D eigenvalue weighted by molar-refractivity contribution is 5.95. The fourth-order valence-corrected chi connectivity index (χ4v) is 4.22. The Balaban J connectivity index is 0.000000986. The van der Waals surface area contributed by atoms with E-state index in [1.165, 1.54) is 59.3 Å². The standard InChI is InChI=1S/C19H24F3N5O2.C7H14.C4H9NO2.C2H6/c1-4-13(7-8-23)26-17(28)12-5-6-15(16(9-12)29-3)27-18-24-10-14(11(2)25-18)19(20,21)22;1-7-5-3-2-4-6-7;1-5-4(6)3-7-2;1-2/h5-6,9-10,13H,4,7-8,23H2,1-3H3,(H,26,28)(H,24,25,27);7H,2-6H2,1H3;3H2,1-2H3,(H,5,6);1-2H3. The van der Waals surface area contributed by atoms with Crippen LogP contribution in [-0.2, 0) is 15.7 Å². The molecule has 0 radical (unpaired) electrons. The number of anilines is 2. The first kappa shape index (κ1) is 41.5. The number of likely N-dealkylation sites (N-methyl/N-ethyl adjacent to an activating group) is 1. The minimum Gasteiger partial charge on any atom is -0.495 e. The average molecular weight is 643 g/mol. The monoisotopic (exact) mass is 642 g/mol. The number of nitrogens with two attached hydrogens (primary N) is 1. The van der Waals surface area contributed by atoms with Crippen molar-refractivity contribution in [2.45, 2.75) is 91.8 Å². The van der Waals surface area contributed by atoms with Gasteiger partial charge in [-0.05, 0) is 50.4 Å². The van der Waals surface area contributed by atoms with Crippen LogP contribution in [0.2, 0.25) is 0 Å². The highest BCUT2D eigenvalue weighted by atomic mass is 19.4. The highest BCUT2D eigenvalue weighted by Gasteiger charge is 2.33. The van der Waals surface area contributed by atoms with Crippen molar-refractivity contribution in [3.63, 3.8) is 0 Å². The van der Waals surface area contributed by atoms with Crippen LogP contribution in [0.15, 0.2) is 24.4 Å². The third kappa shape index (κ3) is 16.4. The maximum atomic E-state index is 12.8. The molecule has 256 valence electrons. The molecule has 0 aliphatic heterocycles. The van der Waals surface area contributed by atoms with Gasteiger partial charge in [-0.2, -0.15) is 13.2 Å². The summed E-state index contributed by atoms with van der Waals surface area (Å²) >= 11 is 0. The van der Waals surface area contributed by atoms with Crippen LogP contribution in [0.1, 0.15) is 94.3 Å². The van der Waals surface area contributed by atoms with Gasteiger partial charge < -0.3 is 31.2 Å². The van der Waals surface area contributed by atoms with E-state index < -0.39 is 11.7 Å². The summed E-state index contributed by atoms with van der Waals surface area (Å²) in [6, 6.07) is 4.66. The largest absolute Gasteiger partial charge is 0.495 e. The van der Waals surface area contributed by atoms with Gasteiger partial charge in [-0.25, -0.2) is 9.97 Å². The number of ether oxygens (including phenoxy) is 2. The minimum atomic E-state index is -4.52. The summed E-state index contributed by atoms with van der Waals surface area (Å²) in [7, 11) is 4.47. The second-order valence-corrected chi connectivity index (χ2v) is 10.2. The lowest BCUT2D eigenvalue weighted by Gasteiger charge is -2.17. The summed E-state index contributed by atoms with van der Waals surface area (Å²) < 4.78 is 48.3. The molecule has 1 atom stereocenters. The first-order valence-electron chi connectivity index (χ1n) is 15.5. The van der Waals surface area contributed by atoms with Gasteiger partial charge in [0.25, 0.3) is 5.91 Å². The second kappa shape index (κ2) is 23.0. The zero-order valence-electron chi connectivity index (χ0n) is 28.1. The lowest BCUT2D eigenvalue weighted by Crippen LogP contribution is -2.35. The lowest BCUT2D eigenvalue weighted by atomic mass is 9.91. The molecule has 0 saturated heterocycles. The molecule has 45 heavy (non-hydrogen) atoms. The van der Waals surface area contributed by atoms with Crippen molar-refractivity contribution in [1.29, 1.82) is 0 Å². The van der Waals surface area contributed by atoms with E-state index in [4.69, 9.17) is 10.5 Å². The number of benzene rings is 1. The van der Waals surface area contributed by atoms with E-state index in [-0.39, 0.29) is 36.1 Å². The van der Waals surface area contributed by atoms with E-state index >= 15 is 0 Å². The number of carbonyl (C=O) groups excluding carboxylic acids is 2. The molecule has 3 rings (SSSR count). The normalized spacial score (nSPS) is 13.3. The predicted molar refractivity (Wildman–Crippen MR) is 173 cm³/mol. The van der Waals surface area contributed by atoms with E-state index in [2.05, 4.69) is 37.6 Å². The fraction of sp³-hybridized carbons (Fsp3) is 0.625. The van der Waals surface area contributed by atoms with Gasteiger partial charge in [0.05, 0.1) is 24.1 Å². The number of hydrogen-bond acceptors (Lipinski definition) is 8. The summed E-state index contributed by atoms with van der Waals surface area (Å²) in [4.78, 5) is 30.2. The summed E-state index contributed by atoms with van der Waals surface area (Å²) in [5.41, 5.74) is 5.25. The van der Waals surface area contributed by atoms with Crippen molar-refractivity contribution < 1.29 is 32.2 Å². The smallest absolute Gasteiger partial charge is 0.419 e. The van der Waals surface area contributed by atoms with Gasteiger partial charge >= 0.3 is 6.18 Å². The number of halogens is 3. The minimum absolute atomic E-state index is 0.0139. The van der Waals surface area contributed by atoms with E-state index in [0.717, 1.165) is 18.5 Å². The Morgan fingerprint density at radius 2 is 1.78 bits per heavy atom. The lowest BCUT2D eigenvalue weighted by molar-refractivity contribution is -0.138. The summed E-state index contributed by atoms with van der Waals surface area (Å²) in [6.07, 6.45) is 5.07. The van der Waals surface area contributed by atoms with Crippen LogP contribution in [0, 0.1) is 12.8 Å². The fourth-order valence-electron chi connectivity index (χ4n) is 4.22. The number of nitrogens with one attached hydrogen (secondary N) is 3. The zero-order chi connectivity index (χ0) is 34.4.